The molecule has 2 nitrogen and oxygen atoms in total. The minimum absolute atomic E-state index is 0.0819. The van der Waals surface area contributed by atoms with Gasteiger partial charge in [-0.3, -0.25) is 4.79 Å². The van der Waals surface area contributed by atoms with Crippen LogP contribution in [0.5, 0.6) is 0 Å². The summed E-state index contributed by atoms with van der Waals surface area (Å²) in [4.78, 5) is 12.5. The molecule has 0 radical (unpaired) electrons. The zero-order valence-electron chi connectivity index (χ0n) is 9.07. The number of halogens is 3. The Bertz CT molecular complexity index is 401. The lowest BCUT2D eigenvalue weighted by molar-refractivity contribution is -0.144. The van der Waals surface area contributed by atoms with Crippen LogP contribution in [0.2, 0.25) is 0 Å². The maximum atomic E-state index is 12.7. The number of hydrogen-bond acceptors (Lipinski definition) is 1. The fourth-order valence-corrected chi connectivity index (χ4v) is 1.69. The van der Waals surface area contributed by atoms with Crippen LogP contribution in [0.25, 0.3) is 0 Å². The molecule has 1 aromatic rings. The van der Waals surface area contributed by atoms with E-state index in [2.05, 4.69) is 0 Å². The molecule has 1 aliphatic carbocycles. The molecule has 0 unspecified atom stereocenters. The highest BCUT2D eigenvalue weighted by molar-refractivity contribution is 5.80. The van der Waals surface area contributed by atoms with Gasteiger partial charge in [-0.1, -0.05) is 12.1 Å². The van der Waals surface area contributed by atoms with E-state index in [4.69, 9.17) is 0 Å². The summed E-state index contributed by atoms with van der Waals surface area (Å²) in [6.07, 6.45) is -1.45. The molecule has 0 atom stereocenters. The summed E-state index contributed by atoms with van der Waals surface area (Å²) in [5, 5.41) is 0. The molecular weight excluding hydrogens is 231 g/mol. The van der Waals surface area contributed by atoms with Gasteiger partial charge in [0.05, 0.1) is 0 Å². The molecule has 92 valence electrons. The van der Waals surface area contributed by atoms with E-state index in [-0.39, 0.29) is 18.4 Å². The molecule has 2 rings (SSSR count). The number of amides is 1. The Labute approximate surface area is 97.0 Å². The molecule has 0 aromatic heterocycles. The van der Waals surface area contributed by atoms with Crippen LogP contribution in [-0.4, -0.2) is 23.3 Å². The van der Waals surface area contributed by atoms with Crippen molar-refractivity contribution in [1.82, 2.24) is 4.90 Å². The third-order valence-electron chi connectivity index (χ3n) is 2.72. The number of hydrogen-bond donors (Lipinski definition) is 0. The van der Waals surface area contributed by atoms with E-state index < -0.39 is 12.3 Å². The number of benzene rings is 1. The monoisotopic (exact) mass is 243 g/mol. The fourth-order valence-electron chi connectivity index (χ4n) is 1.69. The fraction of sp³-hybridized carbons (Fsp3) is 0.417. The average Bonchev–Trinajstić information content (AvgIpc) is 3.11. The highest BCUT2D eigenvalue weighted by atomic mass is 19.3. The van der Waals surface area contributed by atoms with Crippen LogP contribution in [0, 0.1) is 5.82 Å². The molecule has 17 heavy (non-hydrogen) atoms. The van der Waals surface area contributed by atoms with E-state index in [0.29, 0.717) is 5.56 Å². The van der Waals surface area contributed by atoms with Crippen LogP contribution in [0.1, 0.15) is 18.4 Å². The Morgan fingerprint density at radius 3 is 2.35 bits per heavy atom. The molecule has 0 saturated heterocycles. The number of carbonyl (C=O) groups is 1. The third kappa shape index (κ3) is 2.99. The molecule has 0 N–H and O–H groups in total. The van der Waals surface area contributed by atoms with Crippen LogP contribution < -0.4 is 0 Å². The summed E-state index contributed by atoms with van der Waals surface area (Å²) < 4.78 is 37.4. The van der Waals surface area contributed by atoms with Gasteiger partial charge in [-0.15, -0.1) is 0 Å². The van der Waals surface area contributed by atoms with E-state index in [1.165, 1.54) is 29.2 Å². The molecule has 1 aliphatic rings. The molecule has 1 saturated carbocycles. The first kappa shape index (κ1) is 12.0. The number of rotatable bonds is 4. The molecule has 5 heteroatoms. The van der Waals surface area contributed by atoms with Gasteiger partial charge in [0.2, 0.25) is 0 Å². The van der Waals surface area contributed by atoms with E-state index >= 15 is 0 Å². The van der Waals surface area contributed by atoms with Gasteiger partial charge in [0.25, 0.3) is 5.91 Å². The van der Waals surface area contributed by atoms with Gasteiger partial charge in [-0.25, -0.2) is 4.39 Å². The second-order valence-electron chi connectivity index (χ2n) is 4.12. The highest BCUT2D eigenvalue weighted by Gasteiger charge is 2.35. The first-order valence-electron chi connectivity index (χ1n) is 5.41. The first-order chi connectivity index (χ1) is 8.08. The largest absolute Gasteiger partial charge is 0.330 e. The Balaban J connectivity index is 2.07. The maximum Gasteiger partial charge on any atom is 0.315 e. The standard InChI is InChI=1S/C12H12F3NO/c13-9-3-1-8(2-4-9)7-16(10-5-6-10)12(17)11(14)15/h1-4,10-11H,5-7H2. The van der Waals surface area contributed by atoms with Crippen LogP contribution in [0.4, 0.5) is 13.2 Å². The van der Waals surface area contributed by atoms with Crippen molar-refractivity contribution in [3.05, 3.63) is 35.6 Å². The molecule has 1 fully saturated rings. The van der Waals surface area contributed by atoms with Crippen molar-refractivity contribution in [3.8, 4) is 0 Å². The SMILES string of the molecule is O=C(C(F)F)N(Cc1ccc(F)cc1)C1CC1. The third-order valence-corrected chi connectivity index (χ3v) is 2.72. The van der Waals surface area contributed by atoms with Crippen molar-refractivity contribution in [2.75, 3.05) is 0 Å². The number of nitrogens with zero attached hydrogens (tertiary/aromatic N) is 1. The van der Waals surface area contributed by atoms with Gasteiger partial charge in [-0.05, 0) is 30.5 Å². The molecule has 1 aromatic carbocycles. The van der Waals surface area contributed by atoms with Gasteiger partial charge in [0.15, 0.2) is 0 Å². The normalized spacial score (nSPS) is 15.1. The Morgan fingerprint density at radius 1 is 1.29 bits per heavy atom. The summed E-state index contributed by atoms with van der Waals surface area (Å²) in [6, 6.07) is 5.44. The molecule has 0 bridgehead atoms. The van der Waals surface area contributed by atoms with Crippen LogP contribution in [0.15, 0.2) is 24.3 Å². The lowest BCUT2D eigenvalue weighted by Crippen LogP contribution is -2.36. The highest BCUT2D eigenvalue weighted by Crippen LogP contribution is 2.29. The predicted octanol–water partition coefficient (Wildman–Crippen LogP) is 2.58. The first-order valence-corrected chi connectivity index (χ1v) is 5.41. The number of alkyl halides is 2. The minimum Gasteiger partial charge on any atom is -0.330 e. The van der Waals surface area contributed by atoms with Gasteiger partial charge in [0, 0.05) is 12.6 Å². The zero-order chi connectivity index (χ0) is 12.4. The van der Waals surface area contributed by atoms with Gasteiger partial charge < -0.3 is 4.90 Å². The van der Waals surface area contributed by atoms with Crippen molar-refractivity contribution >= 4 is 5.91 Å². The van der Waals surface area contributed by atoms with Gasteiger partial charge >= 0.3 is 6.43 Å². The Kier molecular flexibility index (Phi) is 3.36. The summed E-state index contributed by atoms with van der Waals surface area (Å²) in [5.41, 5.74) is 0.660. The second-order valence-corrected chi connectivity index (χ2v) is 4.12. The van der Waals surface area contributed by atoms with Crippen molar-refractivity contribution in [2.24, 2.45) is 0 Å². The summed E-state index contributed by atoms with van der Waals surface area (Å²) >= 11 is 0. The molecular formula is C12H12F3NO. The van der Waals surface area contributed by atoms with Crippen molar-refractivity contribution < 1.29 is 18.0 Å². The summed E-state index contributed by atoms with van der Waals surface area (Å²) in [6.45, 7) is 0.119. The van der Waals surface area contributed by atoms with Gasteiger partial charge in [0.1, 0.15) is 5.82 Å². The quantitative estimate of drug-likeness (QED) is 0.796. The Morgan fingerprint density at radius 2 is 1.88 bits per heavy atom. The van der Waals surface area contributed by atoms with Crippen LogP contribution >= 0.6 is 0 Å². The molecule has 0 aliphatic heterocycles. The van der Waals surface area contributed by atoms with Crippen LogP contribution in [0.3, 0.4) is 0 Å². The van der Waals surface area contributed by atoms with E-state index in [1.807, 2.05) is 0 Å². The molecule has 0 spiro atoms. The lowest BCUT2D eigenvalue weighted by atomic mass is 10.2. The summed E-state index contributed by atoms with van der Waals surface area (Å²) in [5.74, 6) is -1.52. The van der Waals surface area contributed by atoms with Crippen molar-refractivity contribution in [3.63, 3.8) is 0 Å². The molecule has 1 amide bonds. The van der Waals surface area contributed by atoms with Crippen molar-refractivity contribution in [2.45, 2.75) is 31.9 Å². The maximum absolute atomic E-state index is 12.7. The van der Waals surface area contributed by atoms with E-state index in [9.17, 15) is 18.0 Å². The zero-order valence-corrected chi connectivity index (χ0v) is 9.07. The van der Waals surface area contributed by atoms with E-state index in [0.717, 1.165) is 12.8 Å². The second kappa shape index (κ2) is 4.77. The average molecular weight is 243 g/mol. The van der Waals surface area contributed by atoms with Crippen molar-refractivity contribution in [1.29, 1.82) is 0 Å². The smallest absolute Gasteiger partial charge is 0.315 e. The lowest BCUT2D eigenvalue weighted by Gasteiger charge is -2.22. The number of carbonyl (C=O) groups excluding carboxylic acids is 1. The summed E-state index contributed by atoms with van der Waals surface area (Å²) in [7, 11) is 0. The van der Waals surface area contributed by atoms with Gasteiger partial charge in [-0.2, -0.15) is 8.78 Å². The van der Waals surface area contributed by atoms with E-state index in [1.54, 1.807) is 0 Å². The topological polar surface area (TPSA) is 20.3 Å². The predicted molar refractivity (Wildman–Crippen MR) is 56.0 cm³/mol. The Hall–Kier alpha value is -1.52. The molecule has 0 heterocycles. The van der Waals surface area contributed by atoms with Crippen LogP contribution in [-0.2, 0) is 11.3 Å². The minimum atomic E-state index is -2.98.